The predicted octanol–water partition coefficient (Wildman–Crippen LogP) is 2.89. The van der Waals surface area contributed by atoms with E-state index in [0.29, 0.717) is 5.75 Å². The number of ether oxygens (including phenoxy) is 1. The van der Waals surface area contributed by atoms with Crippen molar-refractivity contribution in [2.24, 2.45) is 0 Å². The second-order valence-corrected chi connectivity index (χ2v) is 4.01. The molecular formula is C16H12F2O2. The van der Waals surface area contributed by atoms with Crippen LogP contribution < -0.4 is 4.74 Å². The van der Waals surface area contributed by atoms with Crippen LogP contribution >= 0.6 is 0 Å². The van der Waals surface area contributed by atoms with Gasteiger partial charge in [0.25, 0.3) is 0 Å². The minimum absolute atomic E-state index is 0.0216. The highest BCUT2D eigenvalue weighted by Gasteiger charge is 2.04. The molecule has 2 aromatic rings. The fraction of sp³-hybridized carbons (Fsp3) is 0.125. The number of aliphatic hydroxyl groups is 1. The second-order valence-electron chi connectivity index (χ2n) is 4.01. The Morgan fingerprint density at radius 1 is 1.05 bits per heavy atom. The summed E-state index contributed by atoms with van der Waals surface area (Å²) in [5, 5.41) is 8.58. The van der Waals surface area contributed by atoms with Crippen molar-refractivity contribution in [3.63, 3.8) is 0 Å². The fourth-order valence-electron chi connectivity index (χ4n) is 1.58. The SMILES string of the molecule is OCC#Cc1ccc(OCc2ccc(F)cc2F)cc1. The van der Waals surface area contributed by atoms with Crippen molar-refractivity contribution in [1.29, 1.82) is 0 Å². The molecule has 0 aliphatic rings. The Labute approximate surface area is 115 Å². The number of hydrogen-bond acceptors (Lipinski definition) is 2. The molecule has 2 aromatic carbocycles. The van der Waals surface area contributed by atoms with Gasteiger partial charge in [-0.15, -0.1) is 0 Å². The number of hydrogen-bond donors (Lipinski definition) is 1. The molecule has 2 nitrogen and oxygen atoms in total. The van der Waals surface area contributed by atoms with Gasteiger partial charge in [-0.3, -0.25) is 0 Å². The van der Waals surface area contributed by atoms with Crippen LogP contribution in [0.2, 0.25) is 0 Å². The van der Waals surface area contributed by atoms with E-state index in [0.717, 1.165) is 11.6 Å². The number of halogens is 2. The highest BCUT2D eigenvalue weighted by atomic mass is 19.1. The van der Waals surface area contributed by atoms with Gasteiger partial charge in [0.05, 0.1) is 0 Å². The van der Waals surface area contributed by atoms with Crippen LogP contribution in [-0.4, -0.2) is 11.7 Å². The van der Waals surface area contributed by atoms with Gasteiger partial charge >= 0.3 is 0 Å². The molecule has 0 heterocycles. The summed E-state index contributed by atoms with van der Waals surface area (Å²) in [5.41, 5.74) is 1.04. The highest BCUT2D eigenvalue weighted by molar-refractivity contribution is 5.38. The van der Waals surface area contributed by atoms with Crippen LogP contribution in [0.5, 0.6) is 5.75 Å². The van der Waals surface area contributed by atoms with E-state index in [2.05, 4.69) is 11.8 Å². The van der Waals surface area contributed by atoms with Gasteiger partial charge in [-0.25, -0.2) is 8.78 Å². The first-order valence-electron chi connectivity index (χ1n) is 5.95. The maximum atomic E-state index is 13.4. The van der Waals surface area contributed by atoms with E-state index in [4.69, 9.17) is 9.84 Å². The predicted molar refractivity (Wildman–Crippen MR) is 71.1 cm³/mol. The molecule has 20 heavy (non-hydrogen) atoms. The molecule has 0 saturated carbocycles. The Bertz CT molecular complexity index is 640. The first-order valence-corrected chi connectivity index (χ1v) is 5.95. The molecule has 102 valence electrons. The fourth-order valence-corrected chi connectivity index (χ4v) is 1.58. The number of aliphatic hydroxyl groups excluding tert-OH is 1. The summed E-state index contributed by atoms with van der Waals surface area (Å²) in [6, 6.07) is 10.2. The molecule has 0 saturated heterocycles. The van der Waals surface area contributed by atoms with Crippen molar-refractivity contribution < 1.29 is 18.6 Å². The van der Waals surface area contributed by atoms with Crippen LogP contribution in [0, 0.1) is 23.5 Å². The van der Waals surface area contributed by atoms with E-state index < -0.39 is 11.6 Å². The Morgan fingerprint density at radius 3 is 2.45 bits per heavy atom. The topological polar surface area (TPSA) is 29.5 Å². The normalized spacial score (nSPS) is 9.75. The molecule has 0 atom stereocenters. The van der Waals surface area contributed by atoms with Gasteiger partial charge in [0.2, 0.25) is 0 Å². The summed E-state index contributed by atoms with van der Waals surface area (Å²) in [5.74, 6) is 4.60. The lowest BCUT2D eigenvalue weighted by Gasteiger charge is -2.07. The molecule has 4 heteroatoms. The average molecular weight is 274 g/mol. The summed E-state index contributed by atoms with van der Waals surface area (Å²) in [6.45, 7) is -0.171. The first kappa shape index (κ1) is 14.0. The third kappa shape index (κ3) is 3.81. The van der Waals surface area contributed by atoms with E-state index in [1.165, 1.54) is 12.1 Å². The zero-order valence-corrected chi connectivity index (χ0v) is 10.6. The Kier molecular flexibility index (Phi) is 4.70. The maximum absolute atomic E-state index is 13.4. The zero-order valence-electron chi connectivity index (χ0n) is 10.6. The van der Waals surface area contributed by atoms with Crippen molar-refractivity contribution in [1.82, 2.24) is 0 Å². The molecule has 0 aliphatic heterocycles. The van der Waals surface area contributed by atoms with Crippen molar-refractivity contribution in [3.05, 3.63) is 65.2 Å². The molecule has 0 fully saturated rings. The summed E-state index contributed by atoms with van der Waals surface area (Å²) >= 11 is 0. The standard InChI is InChI=1S/C16H12F2O2/c17-14-6-5-13(16(18)10-14)11-20-15-7-3-12(4-8-15)2-1-9-19/h3-8,10,19H,9,11H2. The lowest BCUT2D eigenvalue weighted by atomic mass is 10.2. The minimum atomic E-state index is -0.629. The van der Waals surface area contributed by atoms with Gasteiger partial charge in [0.15, 0.2) is 0 Å². The van der Waals surface area contributed by atoms with Gasteiger partial charge in [0, 0.05) is 17.2 Å². The van der Waals surface area contributed by atoms with Gasteiger partial charge in [-0.1, -0.05) is 11.8 Å². The van der Waals surface area contributed by atoms with Crippen LogP contribution in [0.3, 0.4) is 0 Å². The van der Waals surface area contributed by atoms with E-state index >= 15 is 0 Å². The summed E-state index contributed by atoms with van der Waals surface area (Å²) < 4.78 is 31.6. The van der Waals surface area contributed by atoms with E-state index in [1.54, 1.807) is 24.3 Å². The molecule has 0 bridgehead atoms. The van der Waals surface area contributed by atoms with Gasteiger partial charge < -0.3 is 9.84 Å². The van der Waals surface area contributed by atoms with Crippen molar-refractivity contribution in [2.75, 3.05) is 6.61 Å². The Morgan fingerprint density at radius 2 is 1.80 bits per heavy atom. The van der Waals surface area contributed by atoms with E-state index in [1.807, 2.05) is 0 Å². The average Bonchev–Trinajstić information content (AvgIpc) is 2.45. The third-order valence-corrected chi connectivity index (χ3v) is 2.58. The maximum Gasteiger partial charge on any atom is 0.132 e. The minimum Gasteiger partial charge on any atom is -0.489 e. The van der Waals surface area contributed by atoms with Crippen LogP contribution in [0.15, 0.2) is 42.5 Å². The molecule has 0 radical (unpaired) electrons. The van der Waals surface area contributed by atoms with Crippen molar-refractivity contribution in [2.45, 2.75) is 6.61 Å². The van der Waals surface area contributed by atoms with Gasteiger partial charge in [-0.05, 0) is 36.4 Å². The monoisotopic (exact) mass is 274 g/mol. The Balaban J connectivity index is 2.00. The zero-order chi connectivity index (χ0) is 14.4. The molecular weight excluding hydrogens is 262 g/mol. The van der Waals surface area contributed by atoms with Crippen LogP contribution in [0.25, 0.3) is 0 Å². The number of rotatable bonds is 3. The van der Waals surface area contributed by atoms with Crippen molar-refractivity contribution >= 4 is 0 Å². The molecule has 1 N–H and O–H groups in total. The molecule has 0 aromatic heterocycles. The van der Waals surface area contributed by atoms with Gasteiger partial charge in [0.1, 0.15) is 30.6 Å². The second kappa shape index (κ2) is 6.69. The largest absolute Gasteiger partial charge is 0.489 e. The molecule has 0 aliphatic carbocycles. The van der Waals surface area contributed by atoms with E-state index in [-0.39, 0.29) is 18.8 Å². The molecule has 0 unspecified atom stereocenters. The Hall–Kier alpha value is -2.38. The van der Waals surface area contributed by atoms with Crippen LogP contribution in [0.4, 0.5) is 8.78 Å². The number of benzene rings is 2. The quantitative estimate of drug-likeness (QED) is 0.872. The summed E-state index contributed by atoms with van der Waals surface area (Å²) in [7, 11) is 0. The molecule has 0 spiro atoms. The first-order chi connectivity index (χ1) is 9.69. The smallest absolute Gasteiger partial charge is 0.132 e. The molecule has 0 amide bonds. The van der Waals surface area contributed by atoms with Gasteiger partial charge in [-0.2, -0.15) is 0 Å². The lowest BCUT2D eigenvalue weighted by molar-refractivity contribution is 0.299. The summed E-state index contributed by atoms with van der Waals surface area (Å²) in [6.07, 6.45) is 0. The summed E-state index contributed by atoms with van der Waals surface area (Å²) in [4.78, 5) is 0. The third-order valence-electron chi connectivity index (χ3n) is 2.58. The molecule has 2 rings (SSSR count). The van der Waals surface area contributed by atoms with Crippen molar-refractivity contribution in [3.8, 4) is 17.6 Å². The van der Waals surface area contributed by atoms with Crippen LogP contribution in [0.1, 0.15) is 11.1 Å². The lowest BCUT2D eigenvalue weighted by Crippen LogP contribution is -1.99. The van der Waals surface area contributed by atoms with Crippen LogP contribution in [-0.2, 0) is 6.61 Å². The van der Waals surface area contributed by atoms with E-state index in [9.17, 15) is 8.78 Å². The highest BCUT2D eigenvalue weighted by Crippen LogP contribution is 2.16.